The Bertz CT molecular complexity index is 510. The molecule has 0 aliphatic heterocycles. The maximum atomic E-state index is 2.50. The Labute approximate surface area is 144 Å². The van der Waals surface area contributed by atoms with E-state index in [2.05, 4.69) is 53.7 Å². The molecule has 0 radical (unpaired) electrons. The molecular weight excluding hydrogens is 366 g/mol. The summed E-state index contributed by atoms with van der Waals surface area (Å²) in [6.07, 6.45) is 7.50. The average Bonchev–Trinajstić information content (AvgIpc) is 2.73. The minimum absolute atomic E-state index is 0. The van der Waals surface area contributed by atoms with Crippen molar-refractivity contribution >= 4 is 28.0 Å². The van der Waals surface area contributed by atoms with E-state index < -0.39 is 21.3 Å². The number of rotatable bonds is 2. The molecule has 0 heterocycles. The maximum absolute atomic E-state index is 2.50. The van der Waals surface area contributed by atoms with Crippen LogP contribution in [0, 0.1) is 0 Å². The Morgan fingerprint density at radius 3 is 1.35 bits per heavy atom. The Hall–Kier alpha value is 0.293. The first-order valence-electron chi connectivity index (χ1n) is 6.82. The number of halogens is 2. The zero-order valence-electron chi connectivity index (χ0n) is 13.4. The molecule has 0 saturated carbocycles. The second kappa shape index (κ2) is 8.07. The predicted molar refractivity (Wildman–Crippen MR) is 93.0 cm³/mol. The summed E-state index contributed by atoms with van der Waals surface area (Å²) in [5.74, 6) is 0. The molecule has 0 spiro atoms. The van der Waals surface area contributed by atoms with Crippen molar-refractivity contribution < 1.29 is 21.3 Å². The molecule has 112 valence electrons. The largest absolute Gasteiger partial charge is 0.147 e. The molecule has 0 atom stereocenters. The molecule has 2 aliphatic carbocycles. The van der Waals surface area contributed by atoms with E-state index in [1.54, 1.807) is 20.9 Å². The number of hydrogen-bond donors (Lipinski definition) is 0. The van der Waals surface area contributed by atoms with Gasteiger partial charge in [-0.05, 0) is 0 Å². The van der Waals surface area contributed by atoms with Gasteiger partial charge in [-0.15, -0.1) is 24.8 Å². The van der Waals surface area contributed by atoms with E-state index in [0.29, 0.717) is 0 Å². The van der Waals surface area contributed by atoms with Crippen LogP contribution in [-0.2, 0) is 21.3 Å². The zero-order valence-corrected chi connectivity index (χ0v) is 17.5. The van der Waals surface area contributed by atoms with Crippen LogP contribution in [0.3, 0.4) is 0 Å². The third-order valence-corrected chi connectivity index (χ3v) is 11.4. The Morgan fingerprint density at radius 2 is 1.15 bits per heavy atom. The smallest absolute Gasteiger partial charge is 0.147 e. The SMILES string of the molecule is CC1=C(C)C[C]([Zr]([C]2=CC(C)=C(C)C2)=[C](C)C)=C1.Cl.Cl. The molecule has 3 heteroatoms. The van der Waals surface area contributed by atoms with Crippen LogP contribution < -0.4 is 0 Å². The summed E-state index contributed by atoms with van der Waals surface area (Å²) in [4.78, 5) is 0. The van der Waals surface area contributed by atoms with E-state index in [4.69, 9.17) is 0 Å². The maximum Gasteiger partial charge on any atom is -0.147 e. The predicted octanol–water partition coefficient (Wildman–Crippen LogP) is 5.91. The van der Waals surface area contributed by atoms with Crippen LogP contribution in [0.4, 0.5) is 0 Å². The minimum atomic E-state index is -1.66. The number of hydrogen-bond acceptors (Lipinski definition) is 0. The molecule has 0 N–H and O–H groups in total. The molecule has 20 heavy (non-hydrogen) atoms. The van der Waals surface area contributed by atoms with Crippen LogP contribution in [0.1, 0.15) is 54.4 Å². The van der Waals surface area contributed by atoms with E-state index in [1.165, 1.54) is 24.0 Å². The van der Waals surface area contributed by atoms with Gasteiger partial charge in [0.15, 0.2) is 0 Å². The molecule has 2 rings (SSSR count). The molecule has 0 aromatic heterocycles. The van der Waals surface area contributed by atoms with Crippen LogP contribution in [0.15, 0.2) is 41.0 Å². The standard InChI is InChI=1S/2C7H9.C3H6.2ClH.Zr/c2*1-6-4-3-5-7(6)2;1-3-2;;;/h2*4H,5H2,1-2H3;1-2H3;2*1H;. The normalized spacial score (nSPS) is 17.5. The van der Waals surface area contributed by atoms with E-state index in [-0.39, 0.29) is 24.8 Å². The van der Waals surface area contributed by atoms with Crippen molar-refractivity contribution in [2.75, 3.05) is 0 Å². The van der Waals surface area contributed by atoms with Gasteiger partial charge in [-0.2, -0.15) is 0 Å². The van der Waals surface area contributed by atoms with Crippen LogP contribution in [0.5, 0.6) is 0 Å². The van der Waals surface area contributed by atoms with Crippen molar-refractivity contribution in [3.05, 3.63) is 41.0 Å². The Morgan fingerprint density at radius 1 is 0.800 bits per heavy atom. The van der Waals surface area contributed by atoms with Gasteiger partial charge in [0.1, 0.15) is 0 Å². The Kier molecular flexibility index (Phi) is 8.18. The van der Waals surface area contributed by atoms with Crippen LogP contribution in [0.2, 0.25) is 0 Å². The molecule has 0 saturated heterocycles. The van der Waals surface area contributed by atoms with E-state index in [0.717, 1.165) is 0 Å². The van der Waals surface area contributed by atoms with Gasteiger partial charge in [-0.3, -0.25) is 0 Å². The van der Waals surface area contributed by atoms with Gasteiger partial charge in [0.25, 0.3) is 0 Å². The van der Waals surface area contributed by atoms with Crippen molar-refractivity contribution in [1.29, 1.82) is 0 Å². The summed E-state index contributed by atoms with van der Waals surface area (Å²) < 4.78 is 5.31. The first-order chi connectivity index (χ1) is 8.40. The van der Waals surface area contributed by atoms with Gasteiger partial charge in [0, 0.05) is 0 Å². The summed E-state index contributed by atoms with van der Waals surface area (Å²) in [6.45, 7) is 13.9. The minimum Gasteiger partial charge on any atom is -0.147 e. The fourth-order valence-electron chi connectivity index (χ4n) is 2.89. The molecule has 0 aromatic carbocycles. The monoisotopic (exact) mass is 390 g/mol. The summed E-state index contributed by atoms with van der Waals surface area (Å²) >= 11 is -1.66. The van der Waals surface area contributed by atoms with Gasteiger partial charge in [-0.1, -0.05) is 0 Å². The molecule has 0 bridgehead atoms. The van der Waals surface area contributed by atoms with Crippen molar-refractivity contribution in [2.45, 2.75) is 54.4 Å². The molecule has 0 fully saturated rings. The third kappa shape index (κ3) is 4.15. The summed E-state index contributed by atoms with van der Waals surface area (Å²) in [5, 5.41) is 0. The van der Waals surface area contributed by atoms with Crippen LogP contribution in [-0.4, -0.2) is 3.21 Å². The summed E-state index contributed by atoms with van der Waals surface area (Å²) in [7, 11) is 0. The van der Waals surface area contributed by atoms with E-state index in [9.17, 15) is 0 Å². The van der Waals surface area contributed by atoms with Gasteiger partial charge < -0.3 is 0 Å². The Balaban J connectivity index is 0.00000180. The van der Waals surface area contributed by atoms with Gasteiger partial charge in [0.2, 0.25) is 0 Å². The number of allylic oxidation sites excluding steroid dienone is 8. The van der Waals surface area contributed by atoms with E-state index >= 15 is 0 Å². The molecule has 0 unspecified atom stereocenters. The second-order valence-corrected chi connectivity index (χ2v) is 13.5. The van der Waals surface area contributed by atoms with Gasteiger partial charge >= 0.3 is 120 Å². The van der Waals surface area contributed by atoms with Gasteiger partial charge in [0.05, 0.1) is 0 Å². The van der Waals surface area contributed by atoms with Crippen LogP contribution in [0.25, 0.3) is 0 Å². The second-order valence-electron chi connectivity index (χ2n) is 5.99. The first kappa shape index (κ1) is 20.3. The molecular formula is C17H26Cl2Zr. The fraction of sp³-hybridized carbons (Fsp3) is 0.471. The fourth-order valence-corrected chi connectivity index (χ4v) is 11.0. The van der Waals surface area contributed by atoms with Crippen molar-refractivity contribution in [2.24, 2.45) is 0 Å². The topological polar surface area (TPSA) is 0 Å². The zero-order chi connectivity index (χ0) is 13.4. The molecule has 0 nitrogen and oxygen atoms in total. The van der Waals surface area contributed by atoms with Crippen molar-refractivity contribution in [3.63, 3.8) is 0 Å². The quantitative estimate of drug-likeness (QED) is 0.548. The first-order valence-corrected chi connectivity index (χ1v) is 10.5. The third-order valence-electron chi connectivity index (χ3n) is 4.18. The van der Waals surface area contributed by atoms with Crippen LogP contribution >= 0.6 is 24.8 Å². The molecule has 0 amide bonds. The summed E-state index contributed by atoms with van der Waals surface area (Å²) in [6, 6.07) is 0. The van der Waals surface area contributed by atoms with E-state index in [1.807, 2.05) is 0 Å². The molecule has 2 aliphatic rings. The van der Waals surface area contributed by atoms with Gasteiger partial charge in [-0.25, -0.2) is 0 Å². The molecule has 0 aromatic rings. The van der Waals surface area contributed by atoms with Crippen molar-refractivity contribution in [3.8, 4) is 0 Å². The average molecular weight is 393 g/mol. The summed E-state index contributed by atoms with van der Waals surface area (Å²) in [5.41, 5.74) is 6.21. The van der Waals surface area contributed by atoms with Crippen molar-refractivity contribution in [1.82, 2.24) is 0 Å².